The number of halogens is 3. The van der Waals surface area contributed by atoms with Gasteiger partial charge in [0.15, 0.2) is 6.61 Å². The van der Waals surface area contributed by atoms with Crippen LogP contribution in [0.3, 0.4) is 0 Å². The van der Waals surface area contributed by atoms with Gasteiger partial charge in [0.05, 0.1) is 11.7 Å². The van der Waals surface area contributed by atoms with E-state index in [0.29, 0.717) is 5.75 Å². The average molecular weight is 411 g/mol. The smallest absolute Gasteiger partial charge is 0.416 e. The van der Waals surface area contributed by atoms with Gasteiger partial charge in [0.1, 0.15) is 5.75 Å². The first-order valence-corrected chi connectivity index (χ1v) is 9.17. The third kappa shape index (κ3) is 7.75. The van der Waals surface area contributed by atoms with Crippen molar-refractivity contribution in [1.29, 1.82) is 0 Å². The van der Waals surface area contributed by atoms with Crippen LogP contribution in [0.4, 0.5) is 13.2 Å². The van der Waals surface area contributed by atoms with Crippen LogP contribution < -0.4 is 10.1 Å². The minimum absolute atomic E-state index is 0.0402. The van der Waals surface area contributed by atoms with Crippen LogP contribution in [-0.4, -0.2) is 35.4 Å². The Morgan fingerprint density at radius 3 is 2.48 bits per heavy atom. The predicted octanol–water partition coefficient (Wildman–Crippen LogP) is 3.81. The number of carboxylic acids is 1. The predicted molar refractivity (Wildman–Crippen MR) is 102 cm³/mol. The fraction of sp³-hybridized carbons (Fsp3) is 0.381. The molecule has 0 saturated heterocycles. The van der Waals surface area contributed by atoms with Gasteiger partial charge in [0, 0.05) is 12.6 Å². The summed E-state index contributed by atoms with van der Waals surface area (Å²) in [7, 11) is 0. The maximum absolute atomic E-state index is 12.8. The largest absolute Gasteiger partial charge is 0.482 e. The Balaban J connectivity index is 1.78. The highest BCUT2D eigenvalue weighted by molar-refractivity contribution is 5.68. The van der Waals surface area contributed by atoms with E-state index in [9.17, 15) is 23.1 Å². The number of benzene rings is 2. The Labute approximate surface area is 167 Å². The lowest BCUT2D eigenvalue weighted by molar-refractivity contribution is -0.139. The molecule has 3 N–H and O–H groups in total. The van der Waals surface area contributed by atoms with Crippen molar-refractivity contribution < 1.29 is 32.9 Å². The molecule has 0 aliphatic heterocycles. The number of ether oxygens (including phenoxy) is 1. The minimum Gasteiger partial charge on any atom is -0.482 e. The van der Waals surface area contributed by atoms with Crippen LogP contribution in [0.2, 0.25) is 0 Å². The van der Waals surface area contributed by atoms with E-state index >= 15 is 0 Å². The lowest BCUT2D eigenvalue weighted by Gasteiger charge is -2.18. The van der Waals surface area contributed by atoms with Crippen LogP contribution in [0.1, 0.15) is 36.1 Å². The van der Waals surface area contributed by atoms with Crippen molar-refractivity contribution in [1.82, 2.24) is 5.32 Å². The van der Waals surface area contributed by atoms with E-state index in [1.807, 2.05) is 19.1 Å². The third-order valence-corrected chi connectivity index (χ3v) is 4.41. The first-order chi connectivity index (χ1) is 13.6. The molecule has 2 aromatic rings. The molecule has 29 heavy (non-hydrogen) atoms. The van der Waals surface area contributed by atoms with Crippen molar-refractivity contribution in [3.63, 3.8) is 0 Å². The summed E-state index contributed by atoms with van der Waals surface area (Å²) in [4.78, 5) is 10.5. The van der Waals surface area contributed by atoms with Gasteiger partial charge in [-0.05, 0) is 55.2 Å². The van der Waals surface area contributed by atoms with Gasteiger partial charge in [-0.3, -0.25) is 0 Å². The maximum Gasteiger partial charge on any atom is 0.416 e. The summed E-state index contributed by atoms with van der Waals surface area (Å²) in [5.41, 5.74) is 0.481. The highest BCUT2D eigenvalue weighted by Crippen LogP contribution is 2.30. The van der Waals surface area contributed by atoms with E-state index in [1.54, 1.807) is 12.1 Å². The quantitative estimate of drug-likeness (QED) is 0.554. The molecule has 158 valence electrons. The standard InChI is InChI=1S/C21H24F3NO4/c1-14(5-6-15-7-9-18(10-8-15)29-13-20(27)28)25-12-19(26)16-3-2-4-17(11-16)21(22,23)24/h2-4,7-11,14,19,25-26H,5-6,12-13H2,1H3,(H,27,28). The van der Waals surface area contributed by atoms with Crippen LogP contribution in [0.5, 0.6) is 5.75 Å². The van der Waals surface area contributed by atoms with Crippen molar-refractivity contribution in [2.45, 2.75) is 38.1 Å². The summed E-state index contributed by atoms with van der Waals surface area (Å²) < 4.78 is 43.4. The summed E-state index contributed by atoms with van der Waals surface area (Å²) in [5, 5.41) is 21.9. The van der Waals surface area contributed by atoms with Gasteiger partial charge < -0.3 is 20.3 Å². The zero-order chi connectivity index (χ0) is 21.4. The molecule has 5 nitrogen and oxygen atoms in total. The fourth-order valence-electron chi connectivity index (χ4n) is 2.74. The van der Waals surface area contributed by atoms with Gasteiger partial charge in [-0.1, -0.05) is 24.3 Å². The summed E-state index contributed by atoms with van der Waals surface area (Å²) in [6, 6.07) is 11.8. The van der Waals surface area contributed by atoms with E-state index < -0.39 is 30.4 Å². The van der Waals surface area contributed by atoms with E-state index in [4.69, 9.17) is 9.84 Å². The van der Waals surface area contributed by atoms with Gasteiger partial charge in [-0.25, -0.2) is 4.79 Å². The second-order valence-corrected chi connectivity index (χ2v) is 6.81. The second-order valence-electron chi connectivity index (χ2n) is 6.81. The molecule has 0 fully saturated rings. The van der Waals surface area contributed by atoms with Crippen molar-refractivity contribution >= 4 is 5.97 Å². The first kappa shape index (κ1) is 22.7. The molecule has 2 unspecified atom stereocenters. The molecule has 0 radical (unpaired) electrons. The molecule has 2 rings (SSSR count). The van der Waals surface area contributed by atoms with Crippen LogP contribution >= 0.6 is 0 Å². The molecule has 0 bridgehead atoms. The van der Waals surface area contributed by atoms with Gasteiger partial charge >= 0.3 is 12.1 Å². The van der Waals surface area contributed by atoms with Crippen molar-refractivity contribution in [2.24, 2.45) is 0 Å². The zero-order valence-electron chi connectivity index (χ0n) is 15.9. The Morgan fingerprint density at radius 1 is 1.17 bits per heavy atom. The second kappa shape index (κ2) is 10.3. The van der Waals surface area contributed by atoms with E-state index in [2.05, 4.69) is 5.32 Å². The maximum atomic E-state index is 12.8. The van der Waals surface area contributed by atoms with E-state index in [1.165, 1.54) is 12.1 Å². The number of nitrogens with one attached hydrogen (secondary N) is 1. The molecule has 2 aromatic carbocycles. The number of hydrogen-bond acceptors (Lipinski definition) is 4. The van der Waals surface area contributed by atoms with Gasteiger partial charge in [-0.2, -0.15) is 13.2 Å². The number of alkyl halides is 3. The molecule has 0 aliphatic rings. The number of hydrogen-bond donors (Lipinski definition) is 3. The fourth-order valence-corrected chi connectivity index (χ4v) is 2.74. The summed E-state index contributed by atoms with van der Waals surface area (Å²) in [5.74, 6) is -0.562. The van der Waals surface area contributed by atoms with Crippen LogP contribution in [0, 0.1) is 0 Å². The van der Waals surface area contributed by atoms with Crippen LogP contribution in [-0.2, 0) is 17.4 Å². The summed E-state index contributed by atoms with van der Waals surface area (Å²) in [6.07, 6.45) is -3.98. The van der Waals surface area contributed by atoms with Crippen molar-refractivity contribution in [2.75, 3.05) is 13.2 Å². The van der Waals surface area contributed by atoms with Crippen molar-refractivity contribution in [3.05, 3.63) is 65.2 Å². The number of carboxylic acid groups (broad SMARTS) is 1. The van der Waals surface area contributed by atoms with Gasteiger partial charge in [-0.15, -0.1) is 0 Å². The van der Waals surface area contributed by atoms with Gasteiger partial charge in [0.25, 0.3) is 0 Å². The highest BCUT2D eigenvalue weighted by atomic mass is 19.4. The number of rotatable bonds is 10. The average Bonchev–Trinajstić information content (AvgIpc) is 2.69. The summed E-state index contributed by atoms with van der Waals surface area (Å²) >= 11 is 0. The number of aryl methyl sites for hydroxylation is 1. The molecular formula is C21H24F3NO4. The van der Waals surface area contributed by atoms with Crippen LogP contribution in [0.15, 0.2) is 48.5 Å². The Hall–Kier alpha value is -2.58. The lowest BCUT2D eigenvalue weighted by Crippen LogP contribution is -2.30. The van der Waals surface area contributed by atoms with E-state index in [-0.39, 0.29) is 18.2 Å². The molecule has 0 aliphatic carbocycles. The number of carbonyl (C=O) groups is 1. The molecule has 0 spiro atoms. The lowest BCUT2D eigenvalue weighted by atomic mass is 10.0. The van der Waals surface area contributed by atoms with E-state index in [0.717, 1.165) is 30.5 Å². The molecule has 0 aromatic heterocycles. The number of aliphatic hydroxyl groups excluding tert-OH is 1. The minimum atomic E-state index is -4.44. The number of aliphatic hydroxyl groups is 1. The Morgan fingerprint density at radius 2 is 1.86 bits per heavy atom. The third-order valence-electron chi connectivity index (χ3n) is 4.41. The highest BCUT2D eigenvalue weighted by Gasteiger charge is 2.30. The number of aliphatic carboxylic acids is 1. The topological polar surface area (TPSA) is 78.8 Å². The zero-order valence-corrected chi connectivity index (χ0v) is 15.9. The van der Waals surface area contributed by atoms with Crippen molar-refractivity contribution in [3.8, 4) is 5.75 Å². The van der Waals surface area contributed by atoms with Crippen LogP contribution in [0.25, 0.3) is 0 Å². The molecule has 0 heterocycles. The Bertz CT molecular complexity index is 793. The SMILES string of the molecule is CC(CCc1ccc(OCC(=O)O)cc1)NCC(O)c1cccc(C(F)(F)F)c1. The van der Waals surface area contributed by atoms with Gasteiger partial charge in [0.2, 0.25) is 0 Å². The monoisotopic (exact) mass is 411 g/mol. The Kier molecular flexibility index (Phi) is 8.04. The summed E-state index contributed by atoms with van der Waals surface area (Å²) in [6.45, 7) is 1.68. The molecule has 0 saturated carbocycles. The molecular weight excluding hydrogens is 387 g/mol. The molecule has 2 atom stereocenters. The normalized spacial score (nSPS) is 13.7. The molecule has 0 amide bonds. The first-order valence-electron chi connectivity index (χ1n) is 9.17. The molecule has 8 heteroatoms.